The van der Waals surface area contributed by atoms with Gasteiger partial charge in [0.1, 0.15) is 11.5 Å². The smallest absolute Gasteiger partial charge is 0.126 e. The Morgan fingerprint density at radius 2 is 1.76 bits per heavy atom. The molecule has 0 aliphatic rings. The highest BCUT2D eigenvalue weighted by Gasteiger charge is 2.17. The summed E-state index contributed by atoms with van der Waals surface area (Å²) in [5.41, 5.74) is 2.65. The van der Waals surface area contributed by atoms with E-state index in [2.05, 4.69) is 0 Å². The van der Waals surface area contributed by atoms with E-state index in [1.807, 2.05) is 54.4 Å². The lowest BCUT2D eigenvalue weighted by Gasteiger charge is -2.25. The number of aliphatic hydroxyl groups is 1. The molecule has 2 aromatic rings. The summed E-state index contributed by atoms with van der Waals surface area (Å²) in [6.45, 7) is 1.74. The van der Waals surface area contributed by atoms with Crippen molar-refractivity contribution in [3.8, 4) is 11.5 Å². The fourth-order valence-electron chi connectivity index (χ4n) is 2.38. The van der Waals surface area contributed by atoms with Crippen molar-refractivity contribution in [2.75, 3.05) is 26.2 Å². The van der Waals surface area contributed by atoms with Crippen molar-refractivity contribution in [3.63, 3.8) is 0 Å². The first-order valence-corrected chi connectivity index (χ1v) is 6.81. The summed E-state index contributed by atoms with van der Waals surface area (Å²) in [7, 11) is 5.21. The molecule has 0 bridgehead atoms. The highest BCUT2D eigenvalue weighted by atomic mass is 16.5. The lowest BCUT2D eigenvalue weighted by Crippen LogP contribution is -2.13. The number of hydrogen-bond acceptors (Lipinski definition) is 4. The van der Waals surface area contributed by atoms with Gasteiger partial charge in [-0.15, -0.1) is 0 Å². The molecule has 4 nitrogen and oxygen atoms in total. The van der Waals surface area contributed by atoms with E-state index in [4.69, 9.17) is 9.47 Å². The summed E-state index contributed by atoms with van der Waals surface area (Å²) < 4.78 is 10.6. The summed E-state index contributed by atoms with van der Waals surface area (Å²) in [5.74, 6) is 1.47. The summed E-state index contributed by atoms with van der Waals surface area (Å²) in [6.07, 6.45) is -0.621. The van der Waals surface area contributed by atoms with Crippen LogP contribution >= 0.6 is 0 Å². The highest BCUT2D eigenvalue weighted by Crippen LogP contribution is 2.37. The molecule has 0 radical (unpaired) electrons. The first kappa shape index (κ1) is 15.2. The Labute approximate surface area is 125 Å². The van der Waals surface area contributed by atoms with Crippen LogP contribution in [0.4, 0.5) is 11.4 Å². The van der Waals surface area contributed by atoms with Gasteiger partial charge in [-0.05, 0) is 31.2 Å². The number of ether oxygens (including phenoxy) is 2. The van der Waals surface area contributed by atoms with E-state index in [1.54, 1.807) is 21.1 Å². The molecular formula is C17H21NO3. The SMILES string of the molecule is COc1cccc(N(C)c2cccc(OC)c2[C@H](C)O)c1. The topological polar surface area (TPSA) is 41.9 Å². The molecular weight excluding hydrogens is 266 g/mol. The summed E-state index contributed by atoms with van der Waals surface area (Å²) >= 11 is 0. The minimum Gasteiger partial charge on any atom is -0.497 e. The number of benzene rings is 2. The second kappa shape index (κ2) is 6.50. The van der Waals surface area contributed by atoms with Gasteiger partial charge in [-0.25, -0.2) is 0 Å². The van der Waals surface area contributed by atoms with Crippen LogP contribution in [0.15, 0.2) is 42.5 Å². The van der Waals surface area contributed by atoms with Crippen molar-refractivity contribution in [1.29, 1.82) is 0 Å². The molecule has 0 amide bonds. The Balaban J connectivity index is 2.49. The van der Waals surface area contributed by atoms with Crippen molar-refractivity contribution in [2.45, 2.75) is 13.0 Å². The first-order valence-electron chi connectivity index (χ1n) is 6.81. The number of methoxy groups -OCH3 is 2. The van der Waals surface area contributed by atoms with E-state index in [-0.39, 0.29) is 0 Å². The molecule has 0 heterocycles. The lowest BCUT2D eigenvalue weighted by atomic mass is 10.1. The molecule has 0 aromatic heterocycles. The van der Waals surface area contributed by atoms with Gasteiger partial charge in [-0.1, -0.05) is 12.1 Å². The second-order valence-electron chi connectivity index (χ2n) is 4.83. The third-order valence-electron chi connectivity index (χ3n) is 3.48. The standard InChI is InChI=1S/C17H21NO3/c1-12(19)17-15(9-6-10-16(17)21-4)18(2)13-7-5-8-14(11-13)20-3/h5-12,19H,1-4H3/t12-/m0/s1. The molecule has 1 N–H and O–H groups in total. The fraction of sp³-hybridized carbons (Fsp3) is 0.294. The molecule has 1 atom stereocenters. The van der Waals surface area contributed by atoms with Crippen LogP contribution in [0.1, 0.15) is 18.6 Å². The van der Waals surface area contributed by atoms with Gasteiger partial charge in [0.25, 0.3) is 0 Å². The minimum atomic E-state index is -0.621. The van der Waals surface area contributed by atoms with E-state index in [0.29, 0.717) is 5.75 Å². The van der Waals surface area contributed by atoms with Crippen molar-refractivity contribution in [3.05, 3.63) is 48.0 Å². The zero-order valence-electron chi connectivity index (χ0n) is 12.8. The van der Waals surface area contributed by atoms with Gasteiger partial charge >= 0.3 is 0 Å². The van der Waals surface area contributed by atoms with Crippen LogP contribution in [-0.4, -0.2) is 26.4 Å². The molecule has 2 rings (SSSR count). The third kappa shape index (κ3) is 3.11. The summed E-state index contributed by atoms with van der Waals surface area (Å²) in [4.78, 5) is 2.01. The monoisotopic (exact) mass is 287 g/mol. The van der Waals surface area contributed by atoms with Crippen LogP contribution < -0.4 is 14.4 Å². The lowest BCUT2D eigenvalue weighted by molar-refractivity contribution is 0.195. The van der Waals surface area contributed by atoms with Crippen LogP contribution in [0.2, 0.25) is 0 Å². The maximum atomic E-state index is 10.1. The molecule has 21 heavy (non-hydrogen) atoms. The second-order valence-corrected chi connectivity index (χ2v) is 4.83. The maximum absolute atomic E-state index is 10.1. The van der Waals surface area contributed by atoms with Gasteiger partial charge in [-0.3, -0.25) is 0 Å². The molecule has 0 unspecified atom stereocenters. The highest BCUT2D eigenvalue weighted by molar-refractivity contribution is 5.69. The number of hydrogen-bond donors (Lipinski definition) is 1. The van der Waals surface area contributed by atoms with Crippen LogP contribution in [0.25, 0.3) is 0 Å². The zero-order chi connectivity index (χ0) is 15.4. The van der Waals surface area contributed by atoms with Crippen molar-refractivity contribution in [1.82, 2.24) is 0 Å². The van der Waals surface area contributed by atoms with Gasteiger partial charge in [0, 0.05) is 24.4 Å². The number of nitrogens with zero attached hydrogens (tertiary/aromatic N) is 1. The Hall–Kier alpha value is -2.20. The largest absolute Gasteiger partial charge is 0.497 e. The Kier molecular flexibility index (Phi) is 4.70. The number of anilines is 2. The number of rotatable bonds is 5. The zero-order valence-corrected chi connectivity index (χ0v) is 12.8. The molecule has 2 aromatic carbocycles. The van der Waals surface area contributed by atoms with E-state index in [9.17, 15) is 5.11 Å². The van der Waals surface area contributed by atoms with Crippen molar-refractivity contribution >= 4 is 11.4 Å². The van der Waals surface area contributed by atoms with Crippen LogP contribution in [0.5, 0.6) is 11.5 Å². The quantitative estimate of drug-likeness (QED) is 0.913. The third-order valence-corrected chi connectivity index (χ3v) is 3.48. The van der Waals surface area contributed by atoms with E-state index < -0.39 is 6.10 Å². The van der Waals surface area contributed by atoms with Gasteiger partial charge in [-0.2, -0.15) is 0 Å². The molecule has 0 aliphatic heterocycles. The van der Waals surface area contributed by atoms with Crippen LogP contribution in [-0.2, 0) is 0 Å². The first-order chi connectivity index (χ1) is 10.1. The molecule has 4 heteroatoms. The summed E-state index contributed by atoms with van der Waals surface area (Å²) in [5, 5.41) is 10.1. The minimum absolute atomic E-state index is 0.621. The Morgan fingerprint density at radius 3 is 2.38 bits per heavy atom. The van der Waals surface area contributed by atoms with Gasteiger partial charge in [0.05, 0.1) is 26.0 Å². The average Bonchev–Trinajstić information content (AvgIpc) is 2.53. The number of aliphatic hydroxyl groups excluding tert-OH is 1. The molecule has 0 fully saturated rings. The van der Waals surface area contributed by atoms with E-state index in [1.165, 1.54) is 0 Å². The molecule has 0 spiro atoms. The average molecular weight is 287 g/mol. The molecule has 0 saturated heterocycles. The van der Waals surface area contributed by atoms with Gasteiger partial charge < -0.3 is 19.5 Å². The van der Waals surface area contributed by atoms with Crippen LogP contribution in [0.3, 0.4) is 0 Å². The maximum Gasteiger partial charge on any atom is 0.126 e. The summed E-state index contributed by atoms with van der Waals surface area (Å²) in [6, 6.07) is 13.5. The predicted octanol–water partition coefficient (Wildman–Crippen LogP) is 3.53. The van der Waals surface area contributed by atoms with Crippen molar-refractivity contribution < 1.29 is 14.6 Å². The Bertz CT molecular complexity index is 611. The van der Waals surface area contributed by atoms with Crippen molar-refractivity contribution in [2.24, 2.45) is 0 Å². The fourth-order valence-corrected chi connectivity index (χ4v) is 2.38. The van der Waals surface area contributed by atoms with Crippen LogP contribution in [0, 0.1) is 0 Å². The normalized spacial score (nSPS) is 11.9. The molecule has 0 aliphatic carbocycles. The van der Waals surface area contributed by atoms with Gasteiger partial charge in [0.15, 0.2) is 0 Å². The van der Waals surface area contributed by atoms with E-state index >= 15 is 0 Å². The van der Waals surface area contributed by atoms with E-state index in [0.717, 1.165) is 22.7 Å². The van der Waals surface area contributed by atoms with Gasteiger partial charge in [0.2, 0.25) is 0 Å². The molecule has 112 valence electrons. The predicted molar refractivity (Wildman–Crippen MR) is 84.7 cm³/mol. The Morgan fingerprint density at radius 1 is 1.05 bits per heavy atom. The molecule has 0 saturated carbocycles.